The van der Waals surface area contributed by atoms with E-state index in [0.29, 0.717) is 18.1 Å². The van der Waals surface area contributed by atoms with Gasteiger partial charge in [0.25, 0.3) is 0 Å². The number of ketones is 1. The highest BCUT2D eigenvalue weighted by Gasteiger charge is 2.28. The Kier molecular flexibility index (Phi) is 3.06. The Morgan fingerprint density at radius 3 is 2.73 bits per heavy atom. The Hall–Kier alpha value is -0.370. The minimum absolute atomic E-state index is 0.234. The van der Waals surface area contributed by atoms with Gasteiger partial charge in [-0.25, -0.2) is 0 Å². The van der Waals surface area contributed by atoms with E-state index in [1.165, 1.54) is 0 Å². The molecule has 11 heavy (non-hydrogen) atoms. The van der Waals surface area contributed by atoms with Crippen LogP contribution in [-0.4, -0.2) is 19.0 Å². The van der Waals surface area contributed by atoms with Crippen LogP contribution in [0.4, 0.5) is 0 Å². The molecular weight excluding hydrogens is 140 g/mol. The maximum Gasteiger partial charge on any atom is 0.136 e. The van der Waals surface area contributed by atoms with Gasteiger partial charge in [-0.1, -0.05) is 0 Å². The summed E-state index contributed by atoms with van der Waals surface area (Å²) in [5.41, 5.74) is 0. The summed E-state index contributed by atoms with van der Waals surface area (Å²) in [5, 5.41) is 0. The molecular formula is C9H16O2. The highest BCUT2D eigenvalue weighted by Crippen LogP contribution is 2.31. The number of ether oxygens (including phenoxy) is 1. The molecule has 64 valence electrons. The Morgan fingerprint density at radius 2 is 2.27 bits per heavy atom. The zero-order chi connectivity index (χ0) is 8.27. The number of carbonyl (C=O) groups excluding carboxylic acids is 1. The SMILES string of the molecule is COC(C)CCC(=O)C1CC1. The van der Waals surface area contributed by atoms with E-state index in [1.54, 1.807) is 7.11 Å². The molecule has 0 aromatic carbocycles. The number of carbonyl (C=O) groups is 1. The molecule has 0 heterocycles. The van der Waals surface area contributed by atoms with Crippen molar-refractivity contribution >= 4 is 5.78 Å². The first kappa shape index (κ1) is 8.72. The molecule has 1 unspecified atom stereocenters. The smallest absolute Gasteiger partial charge is 0.136 e. The van der Waals surface area contributed by atoms with Gasteiger partial charge in [-0.3, -0.25) is 4.79 Å². The van der Waals surface area contributed by atoms with Crippen molar-refractivity contribution in [1.29, 1.82) is 0 Å². The van der Waals surface area contributed by atoms with Crippen LogP contribution in [0, 0.1) is 5.92 Å². The lowest BCUT2D eigenvalue weighted by Gasteiger charge is -2.07. The van der Waals surface area contributed by atoms with Gasteiger partial charge in [-0.2, -0.15) is 0 Å². The predicted octanol–water partition coefficient (Wildman–Crippen LogP) is 1.78. The average Bonchev–Trinajstić information content (AvgIpc) is 2.81. The molecule has 1 aliphatic rings. The fourth-order valence-corrected chi connectivity index (χ4v) is 1.07. The Balaban J connectivity index is 2.05. The summed E-state index contributed by atoms with van der Waals surface area (Å²) < 4.78 is 5.05. The van der Waals surface area contributed by atoms with Crippen LogP contribution in [0.5, 0.6) is 0 Å². The molecule has 1 saturated carbocycles. The summed E-state index contributed by atoms with van der Waals surface area (Å²) in [7, 11) is 1.69. The van der Waals surface area contributed by atoms with Gasteiger partial charge in [0.1, 0.15) is 5.78 Å². The van der Waals surface area contributed by atoms with Crippen LogP contribution in [0.25, 0.3) is 0 Å². The van der Waals surface area contributed by atoms with E-state index < -0.39 is 0 Å². The molecule has 1 atom stereocenters. The molecule has 0 radical (unpaired) electrons. The van der Waals surface area contributed by atoms with Gasteiger partial charge in [0.15, 0.2) is 0 Å². The van der Waals surface area contributed by atoms with Crippen LogP contribution < -0.4 is 0 Å². The fraction of sp³-hybridized carbons (Fsp3) is 0.889. The first-order valence-corrected chi connectivity index (χ1v) is 4.29. The van der Waals surface area contributed by atoms with Gasteiger partial charge in [0, 0.05) is 19.4 Å². The normalized spacial score (nSPS) is 19.8. The van der Waals surface area contributed by atoms with E-state index in [1.807, 2.05) is 6.92 Å². The summed E-state index contributed by atoms with van der Waals surface area (Å²) in [6.07, 6.45) is 4.07. The molecule has 0 aliphatic heterocycles. The molecule has 0 N–H and O–H groups in total. The third kappa shape index (κ3) is 3.02. The van der Waals surface area contributed by atoms with Gasteiger partial charge in [-0.05, 0) is 26.2 Å². The first-order valence-electron chi connectivity index (χ1n) is 4.29. The minimum atomic E-state index is 0.234. The standard InChI is InChI=1S/C9H16O2/c1-7(11-2)3-6-9(10)8-4-5-8/h7-8H,3-6H2,1-2H3. The lowest BCUT2D eigenvalue weighted by atomic mass is 10.1. The van der Waals surface area contributed by atoms with Crippen molar-refractivity contribution in [1.82, 2.24) is 0 Å². The topological polar surface area (TPSA) is 26.3 Å². The lowest BCUT2D eigenvalue weighted by Crippen LogP contribution is -2.09. The van der Waals surface area contributed by atoms with Gasteiger partial charge in [-0.15, -0.1) is 0 Å². The first-order chi connectivity index (χ1) is 5.24. The van der Waals surface area contributed by atoms with E-state index >= 15 is 0 Å². The molecule has 0 saturated heterocycles. The number of rotatable bonds is 5. The second-order valence-corrected chi connectivity index (χ2v) is 3.33. The van der Waals surface area contributed by atoms with Crippen LogP contribution >= 0.6 is 0 Å². The maximum absolute atomic E-state index is 11.2. The predicted molar refractivity (Wildman–Crippen MR) is 43.4 cm³/mol. The number of hydrogen-bond donors (Lipinski definition) is 0. The Labute approximate surface area is 67.9 Å². The molecule has 2 heteroatoms. The van der Waals surface area contributed by atoms with Gasteiger partial charge in [0.05, 0.1) is 6.10 Å². The molecule has 2 nitrogen and oxygen atoms in total. The third-order valence-corrected chi connectivity index (χ3v) is 2.23. The Bertz CT molecular complexity index is 138. The molecule has 0 bridgehead atoms. The van der Waals surface area contributed by atoms with E-state index in [-0.39, 0.29) is 6.10 Å². The monoisotopic (exact) mass is 156 g/mol. The van der Waals surface area contributed by atoms with Crippen LogP contribution in [0.2, 0.25) is 0 Å². The zero-order valence-corrected chi connectivity index (χ0v) is 7.30. The number of Topliss-reactive ketones (excluding diaryl/α,β-unsaturated/α-hetero) is 1. The van der Waals surface area contributed by atoms with Crippen molar-refractivity contribution in [2.75, 3.05) is 7.11 Å². The van der Waals surface area contributed by atoms with Crippen molar-refractivity contribution in [2.45, 2.75) is 38.7 Å². The van der Waals surface area contributed by atoms with Crippen LogP contribution in [-0.2, 0) is 9.53 Å². The number of hydrogen-bond acceptors (Lipinski definition) is 2. The maximum atomic E-state index is 11.2. The van der Waals surface area contributed by atoms with E-state index in [0.717, 1.165) is 19.3 Å². The highest BCUT2D eigenvalue weighted by molar-refractivity contribution is 5.83. The number of methoxy groups -OCH3 is 1. The molecule has 0 spiro atoms. The average molecular weight is 156 g/mol. The summed E-state index contributed by atoms with van der Waals surface area (Å²) in [6, 6.07) is 0. The zero-order valence-electron chi connectivity index (χ0n) is 7.30. The molecule has 0 amide bonds. The largest absolute Gasteiger partial charge is 0.382 e. The van der Waals surface area contributed by atoms with Gasteiger partial charge < -0.3 is 4.74 Å². The van der Waals surface area contributed by atoms with Crippen LogP contribution in [0.1, 0.15) is 32.6 Å². The van der Waals surface area contributed by atoms with Crippen LogP contribution in [0.15, 0.2) is 0 Å². The summed E-state index contributed by atoms with van der Waals surface area (Å²) in [5.74, 6) is 0.855. The van der Waals surface area contributed by atoms with Crippen LogP contribution in [0.3, 0.4) is 0 Å². The van der Waals surface area contributed by atoms with Gasteiger partial charge >= 0.3 is 0 Å². The highest BCUT2D eigenvalue weighted by atomic mass is 16.5. The molecule has 1 rings (SSSR count). The molecule has 1 fully saturated rings. The Morgan fingerprint density at radius 1 is 1.64 bits per heavy atom. The van der Waals surface area contributed by atoms with E-state index in [9.17, 15) is 4.79 Å². The third-order valence-electron chi connectivity index (χ3n) is 2.23. The van der Waals surface area contributed by atoms with E-state index in [2.05, 4.69) is 0 Å². The summed E-state index contributed by atoms with van der Waals surface area (Å²) in [6.45, 7) is 2.00. The van der Waals surface area contributed by atoms with Gasteiger partial charge in [0.2, 0.25) is 0 Å². The van der Waals surface area contributed by atoms with E-state index in [4.69, 9.17) is 4.74 Å². The molecule has 1 aliphatic carbocycles. The van der Waals surface area contributed by atoms with Crippen molar-refractivity contribution in [2.24, 2.45) is 5.92 Å². The summed E-state index contributed by atoms with van der Waals surface area (Å²) >= 11 is 0. The fourth-order valence-electron chi connectivity index (χ4n) is 1.07. The minimum Gasteiger partial charge on any atom is -0.382 e. The van der Waals surface area contributed by atoms with Crippen molar-refractivity contribution < 1.29 is 9.53 Å². The second-order valence-electron chi connectivity index (χ2n) is 3.33. The quantitative estimate of drug-likeness (QED) is 0.606. The van der Waals surface area contributed by atoms with Crippen molar-refractivity contribution in [3.63, 3.8) is 0 Å². The molecule has 0 aromatic rings. The summed E-state index contributed by atoms with van der Waals surface area (Å²) in [4.78, 5) is 11.2. The second kappa shape index (κ2) is 3.86. The van der Waals surface area contributed by atoms with Crippen molar-refractivity contribution in [3.05, 3.63) is 0 Å². The molecule has 0 aromatic heterocycles. The lowest BCUT2D eigenvalue weighted by molar-refractivity contribution is -0.120. The van der Waals surface area contributed by atoms with Crippen molar-refractivity contribution in [3.8, 4) is 0 Å².